The van der Waals surface area contributed by atoms with Crippen LogP contribution in [0.5, 0.6) is 5.75 Å². The van der Waals surface area contributed by atoms with E-state index < -0.39 is 16.4 Å². The number of Topliss-reactive ketones (excluding diaryl/α,β-unsaturated/α-hetero) is 1. The second kappa shape index (κ2) is 4.27. The van der Waals surface area contributed by atoms with Crippen molar-refractivity contribution in [2.45, 2.75) is 13.3 Å². The van der Waals surface area contributed by atoms with Gasteiger partial charge >= 0.3 is 5.69 Å². The second-order valence-electron chi connectivity index (χ2n) is 2.86. The fourth-order valence-electron chi connectivity index (χ4n) is 1.09. The normalized spacial score (nSPS) is 10.0. The number of benzene rings is 1. The van der Waals surface area contributed by atoms with Gasteiger partial charge in [-0.1, -0.05) is 18.5 Å². The summed E-state index contributed by atoms with van der Waals surface area (Å²) < 4.78 is 0. The highest BCUT2D eigenvalue weighted by molar-refractivity contribution is 6.32. The van der Waals surface area contributed by atoms with Gasteiger partial charge in [-0.15, -0.1) is 0 Å². The van der Waals surface area contributed by atoms with Crippen molar-refractivity contribution in [2.75, 3.05) is 0 Å². The molecule has 0 amide bonds. The number of halogens is 1. The van der Waals surface area contributed by atoms with Crippen molar-refractivity contribution < 1.29 is 14.8 Å². The molecule has 0 atom stereocenters. The van der Waals surface area contributed by atoms with Gasteiger partial charge in [-0.2, -0.15) is 0 Å². The third kappa shape index (κ3) is 2.24. The highest BCUT2D eigenvalue weighted by Gasteiger charge is 2.20. The fraction of sp³-hybridized carbons (Fsp3) is 0.222. The van der Waals surface area contributed by atoms with Gasteiger partial charge in [-0.25, -0.2) is 0 Å². The maximum absolute atomic E-state index is 11.3. The lowest BCUT2D eigenvalue weighted by Gasteiger charge is -2.02. The Kier molecular flexibility index (Phi) is 3.26. The first-order chi connectivity index (χ1) is 6.97. The smallest absolute Gasteiger partial charge is 0.313 e. The van der Waals surface area contributed by atoms with Crippen LogP contribution in [0.15, 0.2) is 12.1 Å². The Labute approximate surface area is 90.4 Å². The Morgan fingerprint density at radius 2 is 2.20 bits per heavy atom. The number of nitro benzene ring substituents is 1. The zero-order valence-corrected chi connectivity index (χ0v) is 8.61. The van der Waals surface area contributed by atoms with Gasteiger partial charge in [-0.05, 0) is 6.07 Å². The van der Waals surface area contributed by atoms with Crippen LogP contribution in [0.25, 0.3) is 0 Å². The third-order valence-electron chi connectivity index (χ3n) is 1.88. The molecule has 0 unspecified atom stereocenters. The van der Waals surface area contributed by atoms with Crippen LogP contribution >= 0.6 is 11.6 Å². The average Bonchev–Trinajstić information content (AvgIpc) is 2.20. The fourth-order valence-corrected chi connectivity index (χ4v) is 1.30. The first-order valence-electron chi connectivity index (χ1n) is 4.17. The minimum atomic E-state index is -0.784. The standard InChI is InChI=1S/C9H8ClNO4/c1-2-8(12)5-3-6(10)9(13)7(4-5)11(14)15/h3-4,13H,2H2,1H3. The van der Waals surface area contributed by atoms with Gasteiger partial charge in [0.05, 0.1) is 9.95 Å². The molecule has 0 saturated heterocycles. The van der Waals surface area contributed by atoms with Crippen molar-refractivity contribution >= 4 is 23.1 Å². The second-order valence-corrected chi connectivity index (χ2v) is 3.27. The summed E-state index contributed by atoms with van der Waals surface area (Å²) in [5, 5.41) is 19.6. The van der Waals surface area contributed by atoms with E-state index in [0.29, 0.717) is 0 Å². The molecule has 0 aliphatic rings. The number of hydrogen-bond donors (Lipinski definition) is 1. The Bertz CT molecular complexity index is 430. The molecular weight excluding hydrogens is 222 g/mol. The molecule has 0 fully saturated rings. The van der Waals surface area contributed by atoms with E-state index in [-0.39, 0.29) is 22.8 Å². The molecule has 0 bridgehead atoms. The van der Waals surface area contributed by atoms with Gasteiger partial charge in [0.15, 0.2) is 5.78 Å². The molecule has 80 valence electrons. The molecule has 0 saturated carbocycles. The summed E-state index contributed by atoms with van der Waals surface area (Å²) in [6.07, 6.45) is 0.220. The molecular formula is C9H8ClNO4. The zero-order valence-electron chi connectivity index (χ0n) is 7.86. The number of aromatic hydroxyl groups is 1. The first-order valence-corrected chi connectivity index (χ1v) is 4.55. The topological polar surface area (TPSA) is 80.4 Å². The molecule has 0 aliphatic carbocycles. The predicted octanol–water partition coefficient (Wildman–Crippen LogP) is 2.55. The van der Waals surface area contributed by atoms with Crippen molar-refractivity contribution in [3.05, 3.63) is 32.8 Å². The van der Waals surface area contributed by atoms with Crippen molar-refractivity contribution in [3.8, 4) is 5.75 Å². The zero-order chi connectivity index (χ0) is 11.6. The van der Waals surface area contributed by atoms with E-state index >= 15 is 0 Å². The summed E-state index contributed by atoms with van der Waals surface area (Å²) in [5.74, 6) is -0.880. The lowest BCUT2D eigenvalue weighted by molar-refractivity contribution is -0.385. The molecule has 1 N–H and O–H groups in total. The molecule has 0 radical (unpaired) electrons. The maximum atomic E-state index is 11.3. The molecule has 0 heterocycles. The molecule has 5 nitrogen and oxygen atoms in total. The van der Waals surface area contributed by atoms with E-state index in [9.17, 15) is 20.0 Å². The third-order valence-corrected chi connectivity index (χ3v) is 2.17. The molecule has 0 spiro atoms. The number of phenolic OH excluding ortho intramolecular Hbond substituents is 1. The number of hydrogen-bond acceptors (Lipinski definition) is 4. The van der Waals surface area contributed by atoms with Crippen molar-refractivity contribution in [2.24, 2.45) is 0 Å². The van der Waals surface area contributed by atoms with Crippen molar-refractivity contribution in [1.82, 2.24) is 0 Å². The van der Waals surface area contributed by atoms with Gasteiger partial charge in [0, 0.05) is 18.1 Å². The highest BCUT2D eigenvalue weighted by Crippen LogP contribution is 2.34. The number of ketones is 1. The molecule has 0 aliphatic heterocycles. The average molecular weight is 230 g/mol. The quantitative estimate of drug-likeness (QED) is 0.491. The van der Waals surface area contributed by atoms with Crippen molar-refractivity contribution in [3.63, 3.8) is 0 Å². The number of nitro groups is 1. The number of carbonyl (C=O) groups is 1. The number of phenols is 1. The van der Waals surface area contributed by atoms with Crippen molar-refractivity contribution in [1.29, 1.82) is 0 Å². The van der Waals surface area contributed by atoms with Crippen LogP contribution in [-0.4, -0.2) is 15.8 Å². The van der Waals surface area contributed by atoms with Gasteiger partial charge in [0.2, 0.25) is 5.75 Å². The molecule has 1 aromatic carbocycles. The summed E-state index contributed by atoms with van der Waals surface area (Å²) in [5.41, 5.74) is -0.425. The number of carbonyl (C=O) groups excluding carboxylic acids is 1. The molecule has 15 heavy (non-hydrogen) atoms. The van der Waals surface area contributed by atoms with E-state index in [2.05, 4.69) is 0 Å². The maximum Gasteiger partial charge on any atom is 0.313 e. The number of nitrogens with zero attached hydrogens (tertiary/aromatic N) is 1. The minimum absolute atomic E-state index is 0.131. The largest absolute Gasteiger partial charge is 0.501 e. The van der Waals surface area contributed by atoms with Crippen LogP contribution in [0, 0.1) is 10.1 Å². The summed E-state index contributed by atoms with van der Waals surface area (Å²) >= 11 is 5.56. The van der Waals surface area contributed by atoms with Gasteiger partial charge < -0.3 is 5.11 Å². The first kappa shape index (κ1) is 11.5. The Morgan fingerprint density at radius 1 is 1.60 bits per heavy atom. The van der Waals surface area contributed by atoms with Crippen LogP contribution < -0.4 is 0 Å². The molecule has 1 rings (SSSR count). The Hall–Kier alpha value is -1.62. The summed E-state index contributed by atoms with van der Waals surface area (Å²) in [6.45, 7) is 1.63. The van der Waals surface area contributed by atoms with Crippen LogP contribution in [0.4, 0.5) is 5.69 Å². The van der Waals surface area contributed by atoms with E-state index in [1.165, 1.54) is 6.07 Å². The van der Waals surface area contributed by atoms with E-state index in [0.717, 1.165) is 6.07 Å². The lowest BCUT2D eigenvalue weighted by atomic mass is 10.1. The van der Waals surface area contributed by atoms with Gasteiger partial charge in [-0.3, -0.25) is 14.9 Å². The van der Waals surface area contributed by atoms with Crippen LogP contribution in [0.2, 0.25) is 5.02 Å². The minimum Gasteiger partial charge on any atom is -0.501 e. The Morgan fingerprint density at radius 3 is 2.67 bits per heavy atom. The van der Waals surface area contributed by atoms with E-state index in [1.807, 2.05) is 0 Å². The highest BCUT2D eigenvalue weighted by atomic mass is 35.5. The molecule has 1 aromatic rings. The SMILES string of the molecule is CCC(=O)c1cc(Cl)c(O)c([N+](=O)[O-])c1. The predicted molar refractivity (Wildman–Crippen MR) is 54.4 cm³/mol. The summed E-state index contributed by atoms with van der Waals surface area (Å²) in [6, 6.07) is 2.24. The van der Waals surface area contributed by atoms with Crippen LogP contribution in [0.3, 0.4) is 0 Å². The molecule has 6 heteroatoms. The summed E-state index contributed by atoms with van der Waals surface area (Å²) in [7, 11) is 0. The lowest BCUT2D eigenvalue weighted by Crippen LogP contribution is -1.99. The van der Waals surface area contributed by atoms with E-state index in [4.69, 9.17) is 11.6 Å². The van der Waals surface area contributed by atoms with Gasteiger partial charge in [0.25, 0.3) is 0 Å². The van der Waals surface area contributed by atoms with Gasteiger partial charge in [0.1, 0.15) is 0 Å². The Balaban J connectivity index is 3.35. The monoisotopic (exact) mass is 229 g/mol. The number of rotatable bonds is 3. The van der Waals surface area contributed by atoms with Crippen LogP contribution in [0.1, 0.15) is 23.7 Å². The van der Waals surface area contributed by atoms with Crippen LogP contribution in [-0.2, 0) is 0 Å². The summed E-state index contributed by atoms with van der Waals surface area (Å²) in [4.78, 5) is 21.0. The van der Waals surface area contributed by atoms with E-state index in [1.54, 1.807) is 6.92 Å². The molecule has 0 aromatic heterocycles.